The van der Waals surface area contributed by atoms with Crippen LogP contribution in [-0.4, -0.2) is 68.2 Å². The molecular formula is C15H28N2O4. The summed E-state index contributed by atoms with van der Waals surface area (Å²) in [5.41, 5.74) is 0. The topological polar surface area (TPSA) is 71.0 Å². The van der Waals surface area contributed by atoms with Gasteiger partial charge in [-0.2, -0.15) is 0 Å². The van der Waals surface area contributed by atoms with Crippen LogP contribution in [0, 0.1) is 5.92 Å². The molecule has 0 aromatic carbocycles. The molecule has 0 aromatic rings. The van der Waals surface area contributed by atoms with Crippen molar-refractivity contribution in [2.24, 2.45) is 5.92 Å². The summed E-state index contributed by atoms with van der Waals surface area (Å²) < 4.78 is 11.3. The quantitative estimate of drug-likeness (QED) is 0.694. The van der Waals surface area contributed by atoms with E-state index < -0.39 is 5.97 Å². The Labute approximate surface area is 126 Å². The number of carbonyl (C=O) groups is 1. The first kappa shape index (κ1) is 16.7. The highest BCUT2D eigenvalue weighted by atomic mass is 16.7. The highest BCUT2D eigenvalue weighted by Crippen LogP contribution is 2.16. The van der Waals surface area contributed by atoms with Crippen molar-refractivity contribution in [2.45, 2.75) is 38.4 Å². The van der Waals surface area contributed by atoms with Crippen LogP contribution in [-0.2, 0) is 14.3 Å². The lowest BCUT2D eigenvalue weighted by atomic mass is 9.98. The van der Waals surface area contributed by atoms with Gasteiger partial charge in [-0.15, -0.1) is 0 Å². The Balaban J connectivity index is 1.56. The molecule has 0 aliphatic carbocycles. The van der Waals surface area contributed by atoms with Crippen molar-refractivity contribution >= 4 is 5.97 Å². The Morgan fingerprint density at radius 3 is 3.00 bits per heavy atom. The molecule has 0 aromatic heterocycles. The molecule has 2 rings (SSSR count). The van der Waals surface area contributed by atoms with Crippen LogP contribution in [0.25, 0.3) is 0 Å². The first-order valence-corrected chi connectivity index (χ1v) is 8.12. The molecule has 2 N–H and O–H groups in total. The van der Waals surface area contributed by atoms with E-state index in [2.05, 4.69) is 10.2 Å². The molecule has 2 atom stereocenters. The van der Waals surface area contributed by atoms with Crippen molar-refractivity contribution in [2.75, 3.05) is 45.9 Å². The maximum Gasteiger partial charge on any atom is 0.317 e. The van der Waals surface area contributed by atoms with Crippen molar-refractivity contribution in [3.05, 3.63) is 0 Å². The number of nitrogens with one attached hydrogen (secondary N) is 1. The summed E-state index contributed by atoms with van der Waals surface area (Å²) in [5.74, 6) is -0.243. The van der Waals surface area contributed by atoms with Gasteiger partial charge in [0.1, 0.15) is 0 Å². The van der Waals surface area contributed by atoms with E-state index in [9.17, 15) is 4.79 Å². The van der Waals surface area contributed by atoms with Crippen molar-refractivity contribution in [1.29, 1.82) is 0 Å². The summed E-state index contributed by atoms with van der Waals surface area (Å²) in [6.45, 7) is 5.47. The minimum absolute atomic E-state index is 0.00318. The Kier molecular flexibility index (Phi) is 7.43. The average Bonchev–Trinajstić information content (AvgIpc) is 2.48. The van der Waals surface area contributed by atoms with Gasteiger partial charge in [0.25, 0.3) is 0 Å². The van der Waals surface area contributed by atoms with E-state index in [0.717, 1.165) is 52.2 Å². The summed E-state index contributed by atoms with van der Waals surface area (Å²) in [5, 5.41) is 11.6. The van der Waals surface area contributed by atoms with Crippen LogP contribution < -0.4 is 5.32 Å². The molecule has 21 heavy (non-hydrogen) atoms. The van der Waals surface area contributed by atoms with Crippen molar-refractivity contribution < 1.29 is 19.4 Å². The van der Waals surface area contributed by atoms with Crippen LogP contribution in [0.5, 0.6) is 0 Å². The van der Waals surface area contributed by atoms with Gasteiger partial charge in [0, 0.05) is 19.7 Å². The Hall–Kier alpha value is -0.690. The average molecular weight is 300 g/mol. The zero-order valence-corrected chi connectivity index (χ0v) is 12.8. The maximum atomic E-state index is 10.5. The summed E-state index contributed by atoms with van der Waals surface area (Å²) in [7, 11) is 0. The summed E-state index contributed by atoms with van der Waals surface area (Å²) in [6.07, 6.45) is 5.72. The number of nitrogens with zero attached hydrogens (tertiary/aromatic N) is 1. The third-order valence-electron chi connectivity index (χ3n) is 4.16. The number of piperidine rings is 1. The number of likely N-dealkylation sites (tertiary alicyclic amines) is 1. The Morgan fingerprint density at radius 1 is 1.33 bits per heavy atom. The fraction of sp³-hybridized carbons (Fsp3) is 0.933. The second-order valence-electron chi connectivity index (χ2n) is 6.00. The normalized spacial score (nSPS) is 27.6. The first-order valence-electron chi connectivity index (χ1n) is 8.12. The second kappa shape index (κ2) is 9.35. The molecule has 6 heteroatoms. The summed E-state index contributed by atoms with van der Waals surface area (Å²) in [6, 6.07) is 0. The lowest BCUT2D eigenvalue weighted by Crippen LogP contribution is -2.42. The number of hydrogen-bond donors (Lipinski definition) is 2. The number of ether oxygens (including phenoxy) is 2. The molecule has 2 heterocycles. The lowest BCUT2D eigenvalue weighted by Gasteiger charge is -2.33. The molecule has 2 aliphatic heterocycles. The van der Waals surface area contributed by atoms with Crippen molar-refractivity contribution in [1.82, 2.24) is 10.2 Å². The van der Waals surface area contributed by atoms with Crippen LogP contribution in [0.1, 0.15) is 32.1 Å². The molecular weight excluding hydrogens is 272 g/mol. The van der Waals surface area contributed by atoms with Crippen LogP contribution in [0.2, 0.25) is 0 Å². The molecule has 0 saturated carbocycles. The van der Waals surface area contributed by atoms with Gasteiger partial charge in [0.2, 0.25) is 0 Å². The van der Waals surface area contributed by atoms with Gasteiger partial charge >= 0.3 is 5.97 Å². The predicted molar refractivity (Wildman–Crippen MR) is 79.2 cm³/mol. The minimum atomic E-state index is -0.788. The van der Waals surface area contributed by atoms with E-state index in [-0.39, 0.29) is 12.8 Å². The van der Waals surface area contributed by atoms with Gasteiger partial charge in [-0.05, 0) is 51.1 Å². The van der Waals surface area contributed by atoms with Crippen LogP contribution >= 0.6 is 0 Å². The molecule has 2 aliphatic rings. The molecule has 122 valence electrons. The van der Waals surface area contributed by atoms with E-state index >= 15 is 0 Å². The van der Waals surface area contributed by atoms with Gasteiger partial charge in [0.05, 0.1) is 13.2 Å². The van der Waals surface area contributed by atoms with E-state index in [0.29, 0.717) is 5.92 Å². The van der Waals surface area contributed by atoms with Gasteiger partial charge in [-0.25, -0.2) is 0 Å². The van der Waals surface area contributed by atoms with Gasteiger partial charge in [0.15, 0.2) is 6.29 Å². The fourth-order valence-corrected chi connectivity index (χ4v) is 3.06. The van der Waals surface area contributed by atoms with Crippen LogP contribution in [0.3, 0.4) is 0 Å². The Morgan fingerprint density at radius 2 is 2.24 bits per heavy atom. The summed E-state index contributed by atoms with van der Waals surface area (Å²) in [4.78, 5) is 12.9. The smallest absolute Gasteiger partial charge is 0.317 e. The van der Waals surface area contributed by atoms with Crippen molar-refractivity contribution in [3.63, 3.8) is 0 Å². The zero-order valence-electron chi connectivity index (χ0n) is 12.8. The molecule has 6 nitrogen and oxygen atoms in total. The van der Waals surface area contributed by atoms with E-state index in [1.165, 1.54) is 19.3 Å². The second-order valence-corrected chi connectivity index (χ2v) is 6.00. The number of carboxylic acids is 1. The Bertz CT molecular complexity index is 308. The predicted octanol–water partition coefficient (Wildman–Crippen LogP) is 0.916. The SMILES string of the molecule is O=C(O)CNCC1CCCN(CCOC2CCCCO2)C1. The van der Waals surface area contributed by atoms with Gasteiger partial charge < -0.3 is 24.8 Å². The number of hydrogen-bond acceptors (Lipinski definition) is 5. The fourth-order valence-electron chi connectivity index (χ4n) is 3.06. The van der Waals surface area contributed by atoms with Crippen LogP contribution in [0.15, 0.2) is 0 Å². The van der Waals surface area contributed by atoms with Crippen molar-refractivity contribution in [3.8, 4) is 0 Å². The number of aliphatic carboxylic acids is 1. The van der Waals surface area contributed by atoms with Crippen LogP contribution in [0.4, 0.5) is 0 Å². The minimum Gasteiger partial charge on any atom is -0.480 e. The first-order chi connectivity index (χ1) is 10.2. The van der Waals surface area contributed by atoms with E-state index in [1.807, 2.05) is 0 Å². The van der Waals surface area contributed by atoms with Gasteiger partial charge in [-0.3, -0.25) is 4.79 Å². The highest BCUT2D eigenvalue weighted by Gasteiger charge is 2.20. The standard InChI is InChI=1S/C15H28N2O4/c18-14(19)11-16-10-13-4-3-6-17(12-13)7-9-21-15-5-1-2-8-20-15/h13,15-16H,1-12H2,(H,18,19). The summed E-state index contributed by atoms with van der Waals surface area (Å²) >= 11 is 0. The maximum absolute atomic E-state index is 10.5. The molecule has 0 amide bonds. The lowest BCUT2D eigenvalue weighted by molar-refractivity contribution is -0.164. The number of carboxylic acid groups (broad SMARTS) is 1. The molecule has 2 saturated heterocycles. The monoisotopic (exact) mass is 300 g/mol. The number of rotatable bonds is 8. The highest BCUT2D eigenvalue weighted by molar-refractivity contribution is 5.68. The third kappa shape index (κ3) is 6.74. The largest absolute Gasteiger partial charge is 0.480 e. The molecule has 2 fully saturated rings. The molecule has 0 radical (unpaired) electrons. The molecule has 2 unspecified atom stereocenters. The van der Waals surface area contributed by atoms with E-state index in [4.69, 9.17) is 14.6 Å². The molecule has 0 bridgehead atoms. The molecule has 0 spiro atoms. The van der Waals surface area contributed by atoms with E-state index in [1.54, 1.807) is 0 Å². The van der Waals surface area contributed by atoms with Gasteiger partial charge in [-0.1, -0.05) is 0 Å². The third-order valence-corrected chi connectivity index (χ3v) is 4.16. The zero-order chi connectivity index (χ0) is 14.9.